The van der Waals surface area contributed by atoms with Gasteiger partial charge in [0.05, 0.1) is 5.09 Å². The molecule has 0 aliphatic carbocycles. The van der Waals surface area contributed by atoms with Crippen LogP contribution < -0.4 is 0 Å². The minimum absolute atomic E-state index is 0. The Kier molecular flexibility index (Phi) is 28.8. The molecule has 0 radical (unpaired) electrons. The van der Waals surface area contributed by atoms with Crippen molar-refractivity contribution in [3.05, 3.63) is 15.3 Å². The standard InChI is InChI=1S/NO3.2H2O/c2-1(3)4;;/h;2*1H2/q-1;;. The summed E-state index contributed by atoms with van der Waals surface area (Å²) in [6.45, 7) is 0. The number of nitrogens with zero attached hydrogens (tertiary/aromatic N) is 1. The largest absolute Gasteiger partial charge is 0.412 e. The van der Waals surface area contributed by atoms with E-state index in [2.05, 4.69) is 0 Å². The van der Waals surface area contributed by atoms with Gasteiger partial charge in [-0.2, -0.15) is 0 Å². The summed E-state index contributed by atoms with van der Waals surface area (Å²) in [4.78, 5) is 8.25. The second kappa shape index (κ2) is 8.92. The van der Waals surface area contributed by atoms with Crippen molar-refractivity contribution in [2.45, 2.75) is 0 Å². The van der Waals surface area contributed by atoms with Gasteiger partial charge in [0, 0.05) is 0 Å². The fourth-order valence-electron chi connectivity index (χ4n) is 0. The van der Waals surface area contributed by atoms with E-state index in [4.69, 9.17) is 15.3 Å². The molecule has 6 heavy (non-hydrogen) atoms. The number of hydrogen-bond acceptors (Lipinski definition) is 3. The smallest absolute Gasteiger partial charge is 0.0689 e. The minimum Gasteiger partial charge on any atom is -0.412 e. The summed E-state index contributed by atoms with van der Waals surface area (Å²) in [5, 5.41) is 14.8. The van der Waals surface area contributed by atoms with Crippen LogP contribution in [-0.2, 0) is 0 Å². The molecule has 0 saturated carbocycles. The van der Waals surface area contributed by atoms with Crippen molar-refractivity contribution in [2.75, 3.05) is 0 Å². The van der Waals surface area contributed by atoms with Crippen LogP contribution in [0.15, 0.2) is 0 Å². The monoisotopic (exact) mass is 98.0 g/mol. The Labute approximate surface area is 32.7 Å². The summed E-state index contributed by atoms with van der Waals surface area (Å²) < 4.78 is 0. The molecule has 6 nitrogen and oxygen atoms in total. The van der Waals surface area contributed by atoms with Crippen LogP contribution in [0.4, 0.5) is 0 Å². The second-order valence-electron chi connectivity index (χ2n) is 0.224. The molecule has 0 fully saturated rings. The highest BCUT2D eigenvalue weighted by Gasteiger charge is 1.45. The molecular formula is H4NO5-. The Bertz CT molecular complexity index is 26.9. The molecule has 0 saturated heterocycles. The van der Waals surface area contributed by atoms with Gasteiger partial charge in [-0.25, -0.2) is 0 Å². The van der Waals surface area contributed by atoms with Crippen LogP contribution in [0.1, 0.15) is 0 Å². The minimum atomic E-state index is -1.75. The molecule has 40 valence electrons. The number of hydrogen-bond donors (Lipinski definition) is 0. The highest BCUT2D eigenvalue weighted by Crippen LogP contribution is 1.44. The molecule has 0 bridgehead atoms. The molecule has 0 heterocycles. The quantitative estimate of drug-likeness (QED) is 0.259. The van der Waals surface area contributed by atoms with E-state index in [1.54, 1.807) is 0 Å². The molecule has 0 aromatic heterocycles. The third kappa shape index (κ3) is 18.1. The van der Waals surface area contributed by atoms with Crippen LogP contribution in [0.2, 0.25) is 0 Å². The fourth-order valence-corrected chi connectivity index (χ4v) is 0. The van der Waals surface area contributed by atoms with E-state index in [1.807, 2.05) is 0 Å². The average molecular weight is 98.0 g/mol. The molecule has 0 atom stereocenters. The van der Waals surface area contributed by atoms with E-state index in [0.29, 0.717) is 0 Å². The molecule has 0 unspecified atom stereocenters. The second-order valence-corrected chi connectivity index (χ2v) is 0.224. The van der Waals surface area contributed by atoms with E-state index in [-0.39, 0.29) is 11.0 Å². The van der Waals surface area contributed by atoms with Crippen molar-refractivity contribution in [1.82, 2.24) is 0 Å². The van der Waals surface area contributed by atoms with Crippen LogP contribution in [0.5, 0.6) is 0 Å². The van der Waals surface area contributed by atoms with Crippen LogP contribution >= 0.6 is 0 Å². The molecule has 4 N–H and O–H groups in total. The molecule has 0 aromatic carbocycles. The molecule has 0 amide bonds. The predicted octanol–water partition coefficient (Wildman–Crippen LogP) is -1.89. The summed E-state index contributed by atoms with van der Waals surface area (Å²) in [6, 6.07) is 0. The van der Waals surface area contributed by atoms with E-state index in [1.165, 1.54) is 0 Å². The maximum Gasteiger partial charge on any atom is 0.0689 e. The van der Waals surface area contributed by atoms with Crippen LogP contribution in [0, 0.1) is 15.3 Å². The maximum atomic E-state index is 8.25. The van der Waals surface area contributed by atoms with Crippen molar-refractivity contribution in [2.24, 2.45) is 0 Å². The van der Waals surface area contributed by atoms with E-state index >= 15 is 0 Å². The molecule has 6 heteroatoms. The van der Waals surface area contributed by atoms with Gasteiger partial charge >= 0.3 is 0 Å². The van der Waals surface area contributed by atoms with Gasteiger partial charge in [0.15, 0.2) is 0 Å². The molecular weight excluding hydrogens is 94.0 g/mol. The zero-order chi connectivity index (χ0) is 3.58. The van der Waals surface area contributed by atoms with Crippen molar-refractivity contribution >= 4 is 0 Å². The average Bonchev–Trinajstić information content (AvgIpc) is 0.811. The number of rotatable bonds is 0. The van der Waals surface area contributed by atoms with Crippen molar-refractivity contribution < 1.29 is 16.0 Å². The Balaban J connectivity index is -0.0000000450. The molecule has 0 spiro atoms. The van der Waals surface area contributed by atoms with Crippen LogP contribution in [-0.4, -0.2) is 16.0 Å². The third-order valence-electron chi connectivity index (χ3n) is 0. The lowest BCUT2D eigenvalue weighted by molar-refractivity contribution is -0.402. The van der Waals surface area contributed by atoms with Crippen LogP contribution in [0.3, 0.4) is 0 Å². The van der Waals surface area contributed by atoms with Gasteiger partial charge in [-0.15, -0.1) is 0 Å². The Hall–Kier alpha value is -0.880. The molecule has 0 rings (SSSR count). The summed E-state index contributed by atoms with van der Waals surface area (Å²) in [7, 11) is 0. The lowest BCUT2D eigenvalue weighted by atomic mass is 13.1. The van der Waals surface area contributed by atoms with Gasteiger partial charge in [0.25, 0.3) is 0 Å². The van der Waals surface area contributed by atoms with Gasteiger partial charge in [0.2, 0.25) is 0 Å². The Morgan fingerprint density at radius 2 is 1.17 bits per heavy atom. The predicted molar refractivity (Wildman–Crippen MR) is 17.6 cm³/mol. The fraction of sp³-hybridized carbons (Fsp3) is 0. The summed E-state index contributed by atoms with van der Waals surface area (Å²) in [5.41, 5.74) is 0. The highest BCUT2D eigenvalue weighted by molar-refractivity contribution is 4.03. The van der Waals surface area contributed by atoms with Gasteiger partial charge in [0.1, 0.15) is 0 Å². The normalized spacial score (nSPS) is 4.00. The zero-order valence-electron chi connectivity index (χ0n) is 2.67. The topological polar surface area (TPSA) is 129 Å². The lowest BCUT2D eigenvalue weighted by Crippen LogP contribution is -1.74. The van der Waals surface area contributed by atoms with Crippen LogP contribution in [0.25, 0.3) is 0 Å². The third-order valence-corrected chi connectivity index (χ3v) is 0. The highest BCUT2D eigenvalue weighted by atomic mass is 16.9. The Morgan fingerprint density at radius 3 is 1.17 bits per heavy atom. The molecule has 0 aromatic rings. The first-order valence-electron chi connectivity index (χ1n) is 0.548. The molecule has 0 aliphatic rings. The zero-order valence-corrected chi connectivity index (χ0v) is 2.67. The molecule has 0 aliphatic heterocycles. The van der Waals surface area contributed by atoms with Gasteiger partial charge in [-0.3, -0.25) is 0 Å². The van der Waals surface area contributed by atoms with E-state index in [9.17, 15) is 0 Å². The van der Waals surface area contributed by atoms with Crippen molar-refractivity contribution in [1.29, 1.82) is 0 Å². The maximum absolute atomic E-state index is 8.25. The first kappa shape index (κ1) is 19.3. The van der Waals surface area contributed by atoms with Gasteiger partial charge < -0.3 is 26.3 Å². The van der Waals surface area contributed by atoms with Crippen molar-refractivity contribution in [3.63, 3.8) is 0 Å². The van der Waals surface area contributed by atoms with Gasteiger partial charge in [-0.1, -0.05) is 0 Å². The van der Waals surface area contributed by atoms with Crippen molar-refractivity contribution in [3.8, 4) is 0 Å². The first-order chi connectivity index (χ1) is 1.73. The summed E-state index contributed by atoms with van der Waals surface area (Å²) >= 11 is 0. The summed E-state index contributed by atoms with van der Waals surface area (Å²) in [5.74, 6) is 0. The van der Waals surface area contributed by atoms with E-state index < -0.39 is 5.09 Å². The Morgan fingerprint density at radius 1 is 1.17 bits per heavy atom. The first-order valence-corrected chi connectivity index (χ1v) is 0.548. The van der Waals surface area contributed by atoms with Gasteiger partial charge in [-0.05, 0) is 0 Å². The van der Waals surface area contributed by atoms with E-state index in [0.717, 1.165) is 0 Å². The lowest BCUT2D eigenvalue weighted by Gasteiger charge is -1.74. The SMILES string of the molecule is O.O.O=[N+]([O-])[O-]. The summed E-state index contributed by atoms with van der Waals surface area (Å²) in [6.07, 6.45) is 0.